The summed E-state index contributed by atoms with van der Waals surface area (Å²) >= 11 is 3.27. The van der Waals surface area contributed by atoms with Crippen molar-refractivity contribution in [1.29, 1.82) is 0 Å². The number of para-hydroxylation sites is 1. The topological polar surface area (TPSA) is 70.3 Å². The predicted molar refractivity (Wildman–Crippen MR) is 72.4 cm³/mol. The Morgan fingerprint density at radius 2 is 2.22 bits per heavy atom. The van der Waals surface area contributed by atoms with Gasteiger partial charge in [0.05, 0.1) is 29.5 Å². The predicted octanol–water partition coefficient (Wildman–Crippen LogP) is 1.96. The molecule has 5 nitrogen and oxygen atoms in total. The van der Waals surface area contributed by atoms with Crippen molar-refractivity contribution < 1.29 is 10.2 Å². The molecule has 0 saturated carbocycles. The van der Waals surface area contributed by atoms with E-state index >= 15 is 0 Å². The Bertz CT molecular complexity index is 528. The van der Waals surface area contributed by atoms with Gasteiger partial charge in [0.25, 0.3) is 0 Å². The standard InChI is InChI=1S/C12H14BrN3O2/c13-11-3-1-2-9(12(11)18)6-14-10-7-15-16(8-10)4-5-17/h1-3,7-8,14,17-18H,4-6H2. The summed E-state index contributed by atoms with van der Waals surface area (Å²) < 4.78 is 2.33. The van der Waals surface area contributed by atoms with Gasteiger partial charge in [0.15, 0.2) is 0 Å². The summed E-state index contributed by atoms with van der Waals surface area (Å²) in [4.78, 5) is 0. The Kier molecular flexibility index (Phi) is 4.22. The van der Waals surface area contributed by atoms with Crippen molar-refractivity contribution >= 4 is 21.6 Å². The molecule has 2 rings (SSSR count). The quantitative estimate of drug-likeness (QED) is 0.789. The molecular weight excluding hydrogens is 298 g/mol. The van der Waals surface area contributed by atoms with Crippen LogP contribution in [0.3, 0.4) is 0 Å². The second kappa shape index (κ2) is 5.88. The maximum Gasteiger partial charge on any atom is 0.134 e. The Morgan fingerprint density at radius 3 is 3.00 bits per heavy atom. The number of halogens is 1. The second-order valence-electron chi connectivity index (χ2n) is 3.82. The van der Waals surface area contributed by atoms with Crippen molar-refractivity contribution in [2.24, 2.45) is 0 Å². The van der Waals surface area contributed by atoms with Gasteiger partial charge in [-0.2, -0.15) is 5.10 Å². The number of hydrogen-bond donors (Lipinski definition) is 3. The van der Waals surface area contributed by atoms with Crippen molar-refractivity contribution in [3.63, 3.8) is 0 Å². The number of phenolic OH excluding ortho intramolecular Hbond substituents is 1. The Hall–Kier alpha value is -1.53. The van der Waals surface area contributed by atoms with Gasteiger partial charge < -0.3 is 15.5 Å². The first kappa shape index (κ1) is 12.9. The van der Waals surface area contributed by atoms with E-state index in [9.17, 15) is 5.11 Å². The zero-order chi connectivity index (χ0) is 13.0. The van der Waals surface area contributed by atoms with Crippen LogP contribution in [0.1, 0.15) is 5.56 Å². The molecule has 3 N–H and O–H groups in total. The minimum Gasteiger partial charge on any atom is -0.506 e. The molecule has 1 aromatic heterocycles. The van der Waals surface area contributed by atoms with E-state index in [1.807, 2.05) is 18.3 Å². The number of aliphatic hydroxyl groups excluding tert-OH is 1. The summed E-state index contributed by atoms with van der Waals surface area (Å²) in [7, 11) is 0. The molecule has 6 heteroatoms. The first-order chi connectivity index (χ1) is 8.70. The molecule has 0 saturated heterocycles. The number of nitrogens with one attached hydrogen (secondary N) is 1. The number of benzene rings is 1. The van der Waals surface area contributed by atoms with Gasteiger partial charge >= 0.3 is 0 Å². The number of aromatic nitrogens is 2. The van der Waals surface area contributed by atoms with Gasteiger partial charge in [-0.15, -0.1) is 0 Å². The number of aliphatic hydroxyl groups is 1. The molecule has 96 valence electrons. The number of hydrogen-bond acceptors (Lipinski definition) is 4. The number of anilines is 1. The SMILES string of the molecule is OCCn1cc(NCc2cccc(Br)c2O)cn1. The van der Waals surface area contributed by atoms with Crippen molar-refractivity contribution in [3.05, 3.63) is 40.6 Å². The maximum atomic E-state index is 9.82. The highest BCUT2D eigenvalue weighted by Gasteiger charge is 2.05. The number of rotatable bonds is 5. The fourth-order valence-electron chi connectivity index (χ4n) is 1.58. The third kappa shape index (κ3) is 3.02. The van der Waals surface area contributed by atoms with E-state index in [0.29, 0.717) is 17.6 Å². The lowest BCUT2D eigenvalue weighted by Crippen LogP contribution is -2.02. The van der Waals surface area contributed by atoms with Gasteiger partial charge in [-0.3, -0.25) is 4.68 Å². The molecule has 1 heterocycles. The third-order valence-corrected chi connectivity index (χ3v) is 3.16. The molecule has 0 fully saturated rings. The minimum absolute atomic E-state index is 0.0630. The van der Waals surface area contributed by atoms with E-state index in [1.54, 1.807) is 16.9 Å². The van der Waals surface area contributed by atoms with Crippen LogP contribution in [0.15, 0.2) is 35.1 Å². The van der Waals surface area contributed by atoms with Crippen LogP contribution >= 0.6 is 15.9 Å². The second-order valence-corrected chi connectivity index (χ2v) is 4.67. The fourth-order valence-corrected chi connectivity index (χ4v) is 1.99. The molecule has 0 amide bonds. The number of aromatic hydroxyl groups is 1. The van der Waals surface area contributed by atoms with E-state index in [4.69, 9.17) is 5.11 Å². The summed E-state index contributed by atoms with van der Waals surface area (Å²) in [5, 5.41) is 25.9. The van der Waals surface area contributed by atoms with Gasteiger partial charge in [-0.05, 0) is 22.0 Å². The molecule has 1 aromatic carbocycles. The zero-order valence-electron chi connectivity index (χ0n) is 9.67. The molecule has 0 aliphatic heterocycles. The molecule has 0 aliphatic rings. The highest BCUT2D eigenvalue weighted by Crippen LogP contribution is 2.27. The van der Waals surface area contributed by atoms with Crippen LogP contribution < -0.4 is 5.32 Å². The van der Waals surface area contributed by atoms with Gasteiger partial charge in [0.1, 0.15) is 5.75 Å². The van der Waals surface area contributed by atoms with E-state index in [-0.39, 0.29) is 12.4 Å². The average molecular weight is 312 g/mol. The van der Waals surface area contributed by atoms with Crippen LogP contribution in [0.25, 0.3) is 0 Å². The summed E-state index contributed by atoms with van der Waals surface area (Å²) in [5.41, 5.74) is 1.65. The zero-order valence-corrected chi connectivity index (χ0v) is 11.3. The van der Waals surface area contributed by atoms with Crippen LogP contribution in [0.5, 0.6) is 5.75 Å². The minimum atomic E-state index is 0.0630. The third-order valence-electron chi connectivity index (χ3n) is 2.52. The summed E-state index contributed by atoms with van der Waals surface area (Å²) in [6, 6.07) is 5.51. The maximum absolute atomic E-state index is 9.82. The van der Waals surface area contributed by atoms with Crippen molar-refractivity contribution in [3.8, 4) is 5.75 Å². The van der Waals surface area contributed by atoms with Crippen LogP contribution in [0.2, 0.25) is 0 Å². The monoisotopic (exact) mass is 311 g/mol. The first-order valence-corrected chi connectivity index (χ1v) is 6.33. The Morgan fingerprint density at radius 1 is 1.39 bits per heavy atom. The largest absolute Gasteiger partial charge is 0.506 e. The molecule has 0 unspecified atom stereocenters. The average Bonchev–Trinajstić information content (AvgIpc) is 2.79. The smallest absolute Gasteiger partial charge is 0.134 e. The van der Waals surface area contributed by atoms with E-state index in [1.165, 1.54) is 0 Å². The Balaban J connectivity index is 2.00. The lowest BCUT2D eigenvalue weighted by Gasteiger charge is -2.07. The molecule has 0 bridgehead atoms. The van der Waals surface area contributed by atoms with E-state index < -0.39 is 0 Å². The lowest BCUT2D eigenvalue weighted by atomic mass is 10.2. The summed E-state index contributed by atoms with van der Waals surface area (Å²) in [5.74, 6) is 0.243. The molecule has 18 heavy (non-hydrogen) atoms. The molecule has 2 aromatic rings. The fraction of sp³-hybridized carbons (Fsp3) is 0.250. The number of phenols is 1. The van der Waals surface area contributed by atoms with Crippen LogP contribution in [0.4, 0.5) is 5.69 Å². The van der Waals surface area contributed by atoms with Gasteiger partial charge in [0.2, 0.25) is 0 Å². The van der Waals surface area contributed by atoms with Gasteiger partial charge in [-0.25, -0.2) is 0 Å². The molecular formula is C12H14BrN3O2. The van der Waals surface area contributed by atoms with Crippen molar-refractivity contribution in [1.82, 2.24) is 9.78 Å². The van der Waals surface area contributed by atoms with Gasteiger partial charge in [0, 0.05) is 18.3 Å². The first-order valence-electron chi connectivity index (χ1n) is 5.54. The Labute approximate surface area is 113 Å². The van der Waals surface area contributed by atoms with Crippen LogP contribution in [0, 0.1) is 0 Å². The molecule has 0 atom stereocenters. The van der Waals surface area contributed by atoms with Gasteiger partial charge in [-0.1, -0.05) is 12.1 Å². The summed E-state index contributed by atoms with van der Waals surface area (Å²) in [6.07, 6.45) is 3.50. The summed E-state index contributed by atoms with van der Waals surface area (Å²) in [6.45, 7) is 1.05. The lowest BCUT2D eigenvalue weighted by molar-refractivity contribution is 0.269. The van der Waals surface area contributed by atoms with Crippen LogP contribution in [-0.4, -0.2) is 26.6 Å². The number of nitrogens with zero attached hydrogens (tertiary/aromatic N) is 2. The van der Waals surface area contributed by atoms with Crippen molar-refractivity contribution in [2.45, 2.75) is 13.1 Å². The molecule has 0 radical (unpaired) electrons. The molecule has 0 aliphatic carbocycles. The van der Waals surface area contributed by atoms with Crippen molar-refractivity contribution in [2.75, 3.05) is 11.9 Å². The van der Waals surface area contributed by atoms with E-state index in [0.717, 1.165) is 11.3 Å². The highest BCUT2D eigenvalue weighted by molar-refractivity contribution is 9.10. The normalized spacial score (nSPS) is 10.6. The van der Waals surface area contributed by atoms with Crippen LogP contribution in [-0.2, 0) is 13.1 Å². The van der Waals surface area contributed by atoms with E-state index in [2.05, 4.69) is 26.3 Å². The highest BCUT2D eigenvalue weighted by atomic mass is 79.9. The molecule has 0 spiro atoms.